The van der Waals surface area contributed by atoms with E-state index in [0.717, 1.165) is 6.07 Å². The maximum absolute atomic E-state index is 12.9. The number of hydrogen-bond donors (Lipinski definition) is 2. The van der Waals surface area contributed by atoms with E-state index in [2.05, 4.69) is 20.4 Å². The van der Waals surface area contributed by atoms with Gasteiger partial charge in [-0.2, -0.15) is 4.98 Å². The molecule has 0 spiro atoms. The van der Waals surface area contributed by atoms with Crippen molar-refractivity contribution in [2.45, 2.75) is 25.0 Å². The van der Waals surface area contributed by atoms with Gasteiger partial charge in [0.1, 0.15) is 12.0 Å². The molecule has 0 radical (unpaired) electrons. The predicted molar refractivity (Wildman–Crippen MR) is 60.9 cm³/mol. The molecule has 2 heterocycles. The van der Waals surface area contributed by atoms with Crippen molar-refractivity contribution in [3.8, 4) is 5.88 Å². The Balaban J connectivity index is 1.99. The number of aromatic nitrogens is 1. The molecule has 0 unspecified atom stereocenters. The number of amides is 1. The molecule has 5 nitrogen and oxygen atoms in total. The number of carbonyl (C=O) groups is 1. The van der Waals surface area contributed by atoms with E-state index >= 15 is 0 Å². The van der Waals surface area contributed by atoms with Crippen molar-refractivity contribution in [2.24, 2.45) is 0 Å². The van der Waals surface area contributed by atoms with Crippen molar-refractivity contribution >= 4 is 11.7 Å². The number of halogens is 4. The van der Waals surface area contributed by atoms with Crippen LogP contribution in [0.2, 0.25) is 0 Å². The lowest BCUT2D eigenvalue weighted by Crippen LogP contribution is -2.35. The van der Waals surface area contributed by atoms with Crippen LogP contribution in [-0.2, 0) is 4.79 Å². The minimum atomic E-state index is -4.86. The van der Waals surface area contributed by atoms with Gasteiger partial charge in [-0.3, -0.25) is 4.79 Å². The first-order valence-electron chi connectivity index (χ1n) is 5.74. The lowest BCUT2D eigenvalue weighted by molar-refractivity contribution is -0.276. The van der Waals surface area contributed by atoms with Crippen molar-refractivity contribution in [3.63, 3.8) is 0 Å². The van der Waals surface area contributed by atoms with Gasteiger partial charge in [0.15, 0.2) is 0 Å². The van der Waals surface area contributed by atoms with E-state index in [4.69, 9.17) is 0 Å². The van der Waals surface area contributed by atoms with Crippen LogP contribution in [0.4, 0.5) is 23.4 Å². The van der Waals surface area contributed by atoms with Crippen molar-refractivity contribution in [1.82, 2.24) is 10.3 Å². The molecule has 2 atom stereocenters. The van der Waals surface area contributed by atoms with Crippen molar-refractivity contribution in [2.75, 3.05) is 11.9 Å². The lowest BCUT2D eigenvalue weighted by Gasteiger charge is -2.12. The lowest BCUT2D eigenvalue weighted by atomic mass is 10.2. The minimum absolute atomic E-state index is 0.0184. The molecule has 2 rings (SSSR count). The number of nitrogens with zero attached hydrogens (tertiary/aromatic N) is 1. The highest BCUT2D eigenvalue weighted by molar-refractivity contribution is 5.94. The summed E-state index contributed by atoms with van der Waals surface area (Å²) in [6.07, 6.45) is -5.95. The molecule has 1 aliphatic heterocycles. The van der Waals surface area contributed by atoms with Crippen LogP contribution >= 0.6 is 0 Å². The summed E-state index contributed by atoms with van der Waals surface area (Å²) < 4.78 is 52.6. The molecule has 0 aliphatic carbocycles. The SMILES string of the molecule is O=C(Nc1cccc(OC(F)(F)F)n1)[C@@H]1C[C@@H](F)CN1. The summed E-state index contributed by atoms with van der Waals surface area (Å²) in [4.78, 5) is 15.2. The van der Waals surface area contributed by atoms with E-state index in [-0.39, 0.29) is 18.8 Å². The van der Waals surface area contributed by atoms with Crippen LogP contribution < -0.4 is 15.4 Å². The summed E-state index contributed by atoms with van der Waals surface area (Å²) in [5, 5.41) is 4.96. The number of hydrogen-bond acceptors (Lipinski definition) is 4. The summed E-state index contributed by atoms with van der Waals surface area (Å²) in [5.41, 5.74) is 0. The largest absolute Gasteiger partial charge is 0.574 e. The van der Waals surface area contributed by atoms with Crippen molar-refractivity contribution < 1.29 is 27.1 Å². The number of pyridine rings is 1. The molecule has 1 aromatic rings. The maximum Gasteiger partial charge on any atom is 0.574 e. The Labute approximate surface area is 111 Å². The van der Waals surface area contributed by atoms with E-state index in [1.54, 1.807) is 0 Å². The average molecular weight is 293 g/mol. The molecule has 1 aromatic heterocycles. The Kier molecular flexibility index (Phi) is 4.07. The average Bonchev–Trinajstić information content (AvgIpc) is 2.74. The maximum atomic E-state index is 12.9. The number of anilines is 1. The molecule has 1 saturated heterocycles. The van der Waals surface area contributed by atoms with Crippen molar-refractivity contribution in [3.05, 3.63) is 18.2 Å². The molecule has 0 bridgehead atoms. The second kappa shape index (κ2) is 5.61. The molecule has 1 fully saturated rings. The summed E-state index contributed by atoms with van der Waals surface area (Å²) in [7, 11) is 0. The first kappa shape index (κ1) is 14.5. The molecule has 1 amide bonds. The number of ether oxygens (including phenoxy) is 1. The molecule has 0 saturated carbocycles. The highest BCUT2D eigenvalue weighted by atomic mass is 19.4. The third-order valence-corrected chi connectivity index (χ3v) is 2.59. The second-order valence-corrected chi connectivity index (χ2v) is 4.19. The highest BCUT2D eigenvalue weighted by Crippen LogP contribution is 2.22. The molecule has 20 heavy (non-hydrogen) atoms. The second-order valence-electron chi connectivity index (χ2n) is 4.19. The van der Waals surface area contributed by atoms with E-state index < -0.39 is 30.4 Å². The van der Waals surface area contributed by atoms with Gasteiger partial charge in [-0.15, -0.1) is 13.2 Å². The molecule has 1 aliphatic rings. The third kappa shape index (κ3) is 4.05. The van der Waals surface area contributed by atoms with Crippen LogP contribution in [0, 0.1) is 0 Å². The predicted octanol–water partition coefficient (Wildman–Crippen LogP) is 1.62. The van der Waals surface area contributed by atoms with Gasteiger partial charge >= 0.3 is 6.36 Å². The molecule has 0 aromatic carbocycles. The van der Waals surface area contributed by atoms with Crippen LogP contribution in [0.15, 0.2) is 18.2 Å². The summed E-state index contributed by atoms with van der Waals surface area (Å²) in [6, 6.07) is 2.85. The van der Waals surface area contributed by atoms with Crippen LogP contribution in [0.25, 0.3) is 0 Å². The van der Waals surface area contributed by atoms with E-state index in [1.165, 1.54) is 12.1 Å². The Bertz CT molecular complexity index is 495. The van der Waals surface area contributed by atoms with Gasteiger partial charge in [-0.25, -0.2) is 4.39 Å². The smallest absolute Gasteiger partial charge is 0.388 e. The number of rotatable bonds is 3. The zero-order valence-electron chi connectivity index (χ0n) is 10.1. The van der Waals surface area contributed by atoms with Gasteiger partial charge in [-0.05, 0) is 6.07 Å². The summed E-state index contributed by atoms with van der Waals surface area (Å²) >= 11 is 0. The monoisotopic (exact) mass is 293 g/mol. The van der Waals surface area contributed by atoms with Gasteiger partial charge in [0.2, 0.25) is 11.8 Å². The van der Waals surface area contributed by atoms with Gasteiger partial charge < -0.3 is 15.4 Å². The number of carbonyl (C=O) groups excluding carboxylic acids is 1. The van der Waals surface area contributed by atoms with E-state index in [0.29, 0.717) is 0 Å². The van der Waals surface area contributed by atoms with Crippen molar-refractivity contribution in [1.29, 1.82) is 0 Å². The Morgan fingerprint density at radius 3 is 2.80 bits per heavy atom. The summed E-state index contributed by atoms with van der Waals surface area (Å²) in [6.45, 7) is 0.0722. The van der Waals surface area contributed by atoms with Gasteiger partial charge in [0.05, 0.1) is 6.04 Å². The van der Waals surface area contributed by atoms with E-state index in [9.17, 15) is 22.4 Å². The van der Waals surface area contributed by atoms with Crippen LogP contribution in [0.1, 0.15) is 6.42 Å². The third-order valence-electron chi connectivity index (χ3n) is 2.59. The molecule has 110 valence electrons. The highest BCUT2D eigenvalue weighted by Gasteiger charge is 2.32. The number of nitrogens with one attached hydrogen (secondary N) is 2. The Hall–Kier alpha value is -1.90. The van der Waals surface area contributed by atoms with Crippen LogP contribution in [0.3, 0.4) is 0 Å². The normalized spacial score (nSPS) is 22.6. The van der Waals surface area contributed by atoms with Gasteiger partial charge in [0.25, 0.3) is 0 Å². The van der Waals surface area contributed by atoms with Crippen LogP contribution in [-0.4, -0.2) is 36.0 Å². The minimum Gasteiger partial charge on any atom is -0.388 e. The molecule has 9 heteroatoms. The fourth-order valence-corrected chi connectivity index (χ4v) is 1.77. The molecular formula is C11H11F4N3O2. The fourth-order valence-electron chi connectivity index (χ4n) is 1.77. The molecule has 2 N–H and O–H groups in total. The fraction of sp³-hybridized carbons (Fsp3) is 0.455. The van der Waals surface area contributed by atoms with E-state index in [1.807, 2.05) is 0 Å². The first-order valence-corrected chi connectivity index (χ1v) is 5.74. The standard InChI is InChI=1S/C11H11F4N3O2/c12-6-4-7(16-5-6)10(19)18-8-2-1-3-9(17-8)20-11(13,14)15/h1-3,6-7,16H,4-5H2,(H,17,18,19)/t6-,7+/m1/s1. The van der Waals surface area contributed by atoms with Gasteiger partial charge in [0, 0.05) is 19.0 Å². The quantitative estimate of drug-likeness (QED) is 0.831. The Morgan fingerprint density at radius 1 is 1.45 bits per heavy atom. The Morgan fingerprint density at radius 2 is 2.20 bits per heavy atom. The first-order chi connectivity index (χ1) is 9.33. The zero-order chi connectivity index (χ0) is 14.8. The number of alkyl halides is 4. The topological polar surface area (TPSA) is 63.2 Å². The molecular weight excluding hydrogens is 282 g/mol. The van der Waals surface area contributed by atoms with Crippen LogP contribution in [0.5, 0.6) is 5.88 Å². The summed E-state index contributed by atoms with van der Waals surface area (Å²) in [5.74, 6) is -1.33. The zero-order valence-corrected chi connectivity index (χ0v) is 10.1. The van der Waals surface area contributed by atoms with Gasteiger partial charge in [-0.1, -0.05) is 6.07 Å².